The zero-order valence-corrected chi connectivity index (χ0v) is 14.9. The van der Waals surface area contributed by atoms with Crippen LogP contribution in [0.1, 0.15) is 38.9 Å². The Morgan fingerprint density at radius 3 is 2.09 bits per heavy atom. The van der Waals surface area contributed by atoms with Crippen molar-refractivity contribution in [2.24, 2.45) is 0 Å². The second-order valence-corrected chi connectivity index (χ2v) is 7.31. The van der Waals surface area contributed by atoms with E-state index in [1.54, 1.807) is 58.0 Å². The van der Waals surface area contributed by atoms with E-state index in [0.717, 1.165) is 0 Å². The molecular weight excluding hydrogens is 319 g/mol. The van der Waals surface area contributed by atoms with Crippen molar-refractivity contribution in [3.63, 3.8) is 0 Å². The number of carbonyl (C=O) groups is 1. The predicted molar refractivity (Wildman–Crippen MR) is 87.3 cm³/mol. The van der Waals surface area contributed by atoms with Crippen molar-refractivity contribution in [2.75, 3.05) is 13.2 Å². The van der Waals surface area contributed by atoms with E-state index in [9.17, 15) is 14.5 Å². The molecule has 0 amide bonds. The van der Waals surface area contributed by atoms with Crippen LogP contribution in [0.2, 0.25) is 0 Å². The minimum atomic E-state index is -3.76. The van der Waals surface area contributed by atoms with Crippen molar-refractivity contribution in [1.82, 2.24) is 0 Å². The fraction of sp³-hybridized carbons (Fsp3) is 0.562. The van der Waals surface area contributed by atoms with Gasteiger partial charge in [0.25, 0.3) is 0 Å². The predicted octanol–water partition coefficient (Wildman–Crippen LogP) is 3.31. The first kappa shape index (κ1) is 19.8. The summed E-state index contributed by atoms with van der Waals surface area (Å²) in [6, 6.07) is 8.57. The number of hydrogen-bond donors (Lipinski definition) is 1. The first-order valence-corrected chi connectivity index (χ1v) is 9.29. The Hall–Kier alpha value is -1.20. The van der Waals surface area contributed by atoms with Gasteiger partial charge in [-0.05, 0) is 33.3 Å². The Balaban J connectivity index is 3.26. The zero-order valence-electron chi connectivity index (χ0n) is 14.0. The highest BCUT2D eigenvalue weighted by atomic mass is 31.2. The van der Waals surface area contributed by atoms with Crippen LogP contribution < -0.4 is 0 Å². The van der Waals surface area contributed by atoms with Crippen molar-refractivity contribution in [3.8, 4) is 0 Å². The lowest BCUT2D eigenvalue weighted by Gasteiger charge is -2.29. The van der Waals surface area contributed by atoms with Gasteiger partial charge in [-0.1, -0.05) is 30.3 Å². The second kappa shape index (κ2) is 9.18. The summed E-state index contributed by atoms with van der Waals surface area (Å²) in [6.45, 7) is 6.96. The molecule has 0 fully saturated rings. The Morgan fingerprint density at radius 1 is 1.13 bits per heavy atom. The van der Waals surface area contributed by atoms with E-state index >= 15 is 0 Å². The van der Waals surface area contributed by atoms with Crippen LogP contribution in [-0.2, 0) is 23.1 Å². The lowest BCUT2D eigenvalue weighted by atomic mass is 10.1. The maximum atomic E-state index is 13.1. The Kier molecular flexibility index (Phi) is 7.92. The third-order valence-electron chi connectivity index (χ3n) is 2.99. The summed E-state index contributed by atoms with van der Waals surface area (Å²) in [6.07, 6.45) is -2.05. The molecule has 0 radical (unpaired) electrons. The Labute approximate surface area is 137 Å². The molecule has 2 atom stereocenters. The number of esters is 1. The van der Waals surface area contributed by atoms with Crippen molar-refractivity contribution in [3.05, 3.63) is 35.9 Å². The van der Waals surface area contributed by atoms with E-state index < -0.39 is 31.4 Å². The molecule has 0 heterocycles. The molecule has 0 unspecified atom stereocenters. The van der Waals surface area contributed by atoms with Gasteiger partial charge in [-0.2, -0.15) is 0 Å². The SMILES string of the molecule is CCOP(=O)(OCC)[C@H](c1ccccc1)[C@@H](O)C(=O)OC(C)C. The lowest BCUT2D eigenvalue weighted by Crippen LogP contribution is -2.32. The highest BCUT2D eigenvalue weighted by molar-refractivity contribution is 7.54. The summed E-state index contributed by atoms with van der Waals surface area (Å²) in [4.78, 5) is 12.1. The first-order valence-electron chi connectivity index (χ1n) is 7.68. The summed E-state index contributed by atoms with van der Waals surface area (Å²) in [5.41, 5.74) is -0.652. The van der Waals surface area contributed by atoms with Gasteiger partial charge in [-0.25, -0.2) is 4.79 Å². The molecule has 0 aliphatic rings. The van der Waals surface area contributed by atoms with E-state index in [2.05, 4.69) is 0 Å². The fourth-order valence-electron chi connectivity index (χ4n) is 2.18. The number of benzene rings is 1. The highest BCUT2D eigenvalue weighted by Gasteiger charge is 2.45. The molecule has 1 aromatic carbocycles. The van der Waals surface area contributed by atoms with Crippen LogP contribution in [0.4, 0.5) is 0 Å². The van der Waals surface area contributed by atoms with Crippen molar-refractivity contribution in [2.45, 2.75) is 45.6 Å². The molecule has 0 aliphatic heterocycles. The van der Waals surface area contributed by atoms with Crippen molar-refractivity contribution < 1.29 is 28.3 Å². The maximum absolute atomic E-state index is 13.1. The van der Waals surface area contributed by atoms with Gasteiger partial charge in [0.1, 0.15) is 5.66 Å². The normalized spacial score (nSPS) is 14.5. The van der Waals surface area contributed by atoms with Gasteiger partial charge in [-0.15, -0.1) is 0 Å². The summed E-state index contributed by atoms with van der Waals surface area (Å²) in [5.74, 6) is -0.853. The standard InChI is InChI=1S/C16H25O6P/c1-5-20-23(19,21-6-2)15(13-10-8-7-9-11-13)14(17)16(18)22-12(3)4/h7-12,14-15,17H,5-6H2,1-4H3/t14-,15-/m1/s1. The summed E-state index contributed by atoms with van der Waals surface area (Å²) in [7, 11) is -3.76. The van der Waals surface area contributed by atoms with Crippen LogP contribution in [0.5, 0.6) is 0 Å². The molecule has 0 aromatic heterocycles. The molecule has 0 saturated heterocycles. The number of aliphatic hydroxyl groups is 1. The molecule has 130 valence electrons. The van der Waals surface area contributed by atoms with Crippen LogP contribution in [0, 0.1) is 0 Å². The topological polar surface area (TPSA) is 82.1 Å². The summed E-state index contributed by atoms with van der Waals surface area (Å²) in [5, 5.41) is 10.5. The highest BCUT2D eigenvalue weighted by Crippen LogP contribution is 2.62. The Morgan fingerprint density at radius 2 is 1.65 bits per heavy atom. The minimum Gasteiger partial charge on any atom is -0.461 e. The van der Waals surface area contributed by atoms with Crippen molar-refractivity contribution >= 4 is 13.6 Å². The molecule has 0 bridgehead atoms. The minimum absolute atomic E-state index is 0.132. The van der Waals surface area contributed by atoms with Gasteiger partial charge < -0.3 is 18.9 Å². The smallest absolute Gasteiger partial charge is 0.341 e. The third-order valence-corrected chi connectivity index (χ3v) is 5.49. The molecule has 23 heavy (non-hydrogen) atoms. The number of rotatable bonds is 9. The monoisotopic (exact) mass is 344 g/mol. The van der Waals surface area contributed by atoms with Gasteiger partial charge in [0.05, 0.1) is 19.3 Å². The van der Waals surface area contributed by atoms with Gasteiger partial charge in [0.15, 0.2) is 6.10 Å². The third kappa shape index (κ3) is 5.43. The van der Waals surface area contributed by atoms with Gasteiger partial charge in [0.2, 0.25) is 0 Å². The van der Waals surface area contributed by atoms with E-state index in [1.807, 2.05) is 0 Å². The van der Waals surface area contributed by atoms with Crippen LogP contribution in [0.25, 0.3) is 0 Å². The summed E-state index contributed by atoms with van der Waals surface area (Å²) >= 11 is 0. The van der Waals surface area contributed by atoms with Gasteiger partial charge >= 0.3 is 13.6 Å². The van der Waals surface area contributed by atoms with Crippen LogP contribution in [0.15, 0.2) is 30.3 Å². The first-order chi connectivity index (χ1) is 10.9. The second-order valence-electron chi connectivity index (χ2n) is 5.16. The molecular formula is C16H25O6P. The lowest BCUT2D eigenvalue weighted by molar-refractivity contribution is -0.157. The molecule has 1 N–H and O–H groups in total. The van der Waals surface area contributed by atoms with Crippen LogP contribution in [-0.4, -0.2) is 36.5 Å². The molecule has 7 heteroatoms. The molecule has 0 aliphatic carbocycles. The Bertz CT molecular complexity index is 521. The fourth-order valence-corrected chi connectivity index (χ4v) is 4.30. The maximum Gasteiger partial charge on any atom is 0.341 e. The average Bonchev–Trinajstić information content (AvgIpc) is 2.48. The quantitative estimate of drug-likeness (QED) is 0.547. The van der Waals surface area contributed by atoms with Crippen LogP contribution >= 0.6 is 7.60 Å². The number of aliphatic hydroxyl groups excluding tert-OH is 1. The van der Waals surface area contributed by atoms with Crippen LogP contribution in [0.3, 0.4) is 0 Å². The van der Waals surface area contributed by atoms with Gasteiger partial charge in [-0.3, -0.25) is 4.57 Å². The average molecular weight is 344 g/mol. The van der Waals surface area contributed by atoms with Crippen molar-refractivity contribution in [1.29, 1.82) is 0 Å². The zero-order chi connectivity index (χ0) is 17.5. The van der Waals surface area contributed by atoms with E-state index in [-0.39, 0.29) is 13.2 Å². The molecule has 0 spiro atoms. The van der Waals surface area contributed by atoms with Gasteiger partial charge in [0, 0.05) is 0 Å². The number of ether oxygens (including phenoxy) is 1. The van der Waals surface area contributed by atoms with E-state index in [4.69, 9.17) is 13.8 Å². The molecule has 1 rings (SSSR count). The van der Waals surface area contributed by atoms with E-state index in [1.165, 1.54) is 0 Å². The molecule has 0 saturated carbocycles. The summed E-state index contributed by atoms with van der Waals surface area (Å²) < 4.78 is 28.8. The number of carbonyl (C=O) groups excluding carboxylic acids is 1. The van der Waals surface area contributed by atoms with E-state index in [0.29, 0.717) is 5.56 Å². The molecule has 6 nitrogen and oxygen atoms in total. The number of hydrogen-bond acceptors (Lipinski definition) is 6. The molecule has 1 aromatic rings. The largest absolute Gasteiger partial charge is 0.461 e.